The molecule has 0 N–H and O–H groups in total. The Kier molecular flexibility index (Phi) is 8.56. The lowest BCUT2D eigenvalue weighted by Crippen LogP contribution is -2.31. The summed E-state index contributed by atoms with van der Waals surface area (Å²) in [5, 5.41) is 0. The maximum Gasteiger partial charge on any atom is 0.0527 e. The van der Waals surface area contributed by atoms with Crippen LogP contribution in [0.3, 0.4) is 0 Å². The Morgan fingerprint density at radius 1 is 0.415 bits per heavy atom. The largest absolute Gasteiger partial charge is 0.310 e. The topological polar surface area (TPSA) is 6.48 Å². The molecule has 0 aromatic heterocycles. The van der Waals surface area contributed by atoms with E-state index in [9.17, 15) is 0 Å². The van der Waals surface area contributed by atoms with Crippen molar-refractivity contribution in [1.82, 2.24) is 0 Å². The summed E-state index contributed by atoms with van der Waals surface area (Å²) >= 11 is 0. The van der Waals surface area contributed by atoms with Crippen LogP contribution in [0.5, 0.6) is 0 Å². The van der Waals surface area contributed by atoms with Crippen LogP contribution in [0.4, 0.5) is 34.1 Å². The van der Waals surface area contributed by atoms with Gasteiger partial charge in [-0.05, 0) is 179 Å². The molecule has 11 rings (SSSR count). The van der Waals surface area contributed by atoms with E-state index in [1.165, 1.54) is 106 Å². The molecule has 0 radical (unpaired) electrons. The fourth-order valence-corrected chi connectivity index (χ4v) is 14.7. The summed E-state index contributed by atoms with van der Waals surface area (Å²) in [4.78, 5) is 5.41. The third-order valence-electron chi connectivity index (χ3n) is 17.0. The van der Waals surface area contributed by atoms with Crippen molar-refractivity contribution in [2.45, 2.75) is 174 Å². The average molecular weight is 857 g/mol. The number of rotatable bonds is 3. The van der Waals surface area contributed by atoms with Gasteiger partial charge in [-0.15, -0.1) is 0 Å². The van der Waals surface area contributed by atoms with Gasteiger partial charge in [0.1, 0.15) is 0 Å². The van der Waals surface area contributed by atoms with Crippen molar-refractivity contribution in [3.63, 3.8) is 0 Å². The zero-order valence-corrected chi connectivity index (χ0v) is 42.4. The summed E-state index contributed by atoms with van der Waals surface area (Å²) in [5.41, 5.74) is 26.7. The fraction of sp³-hybridized carbons (Fsp3) is 0.429. The van der Waals surface area contributed by atoms with Gasteiger partial charge in [-0.3, -0.25) is 0 Å². The lowest BCUT2D eigenvalue weighted by atomic mass is 9.72. The molecule has 2 heterocycles. The molecule has 2 nitrogen and oxygen atoms in total. The zero-order valence-electron chi connectivity index (χ0n) is 42.4. The first kappa shape index (κ1) is 42.5. The maximum absolute atomic E-state index is 2.75. The van der Waals surface area contributed by atoms with Gasteiger partial charge in [-0.2, -0.15) is 0 Å². The third-order valence-corrected chi connectivity index (χ3v) is 17.0. The Morgan fingerprint density at radius 3 is 1.49 bits per heavy atom. The van der Waals surface area contributed by atoms with Crippen LogP contribution in [0.1, 0.15) is 190 Å². The second kappa shape index (κ2) is 13.1. The van der Waals surface area contributed by atoms with Crippen molar-refractivity contribution >= 4 is 34.1 Å². The highest BCUT2D eigenvalue weighted by Gasteiger charge is 2.49. The summed E-state index contributed by atoms with van der Waals surface area (Å²) in [7, 11) is 0. The molecule has 334 valence electrons. The van der Waals surface area contributed by atoms with E-state index in [1.54, 1.807) is 0 Å². The van der Waals surface area contributed by atoms with Gasteiger partial charge in [0.25, 0.3) is 0 Å². The van der Waals surface area contributed by atoms with E-state index in [4.69, 9.17) is 0 Å². The van der Waals surface area contributed by atoms with E-state index in [2.05, 4.69) is 224 Å². The van der Waals surface area contributed by atoms with Crippen molar-refractivity contribution in [3.05, 3.63) is 164 Å². The number of anilines is 6. The van der Waals surface area contributed by atoms with Crippen LogP contribution in [0.15, 0.2) is 103 Å². The number of hydrogen-bond acceptors (Lipinski definition) is 2. The second-order valence-corrected chi connectivity index (χ2v) is 26.1. The minimum atomic E-state index is -0.0943. The zero-order chi connectivity index (χ0) is 46.3. The molecule has 0 spiro atoms. The van der Waals surface area contributed by atoms with Crippen LogP contribution in [-0.4, -0.2) is 0 Å². The Morgan fingerprint density at radius 2 is 0.908 bits per heavy atom. The monoisotopic (exact) mass is 857 g/mol. The molecule has 2 heteroatoms. The molecule has 5 aliphatic rings. The molecule has 6 aromatic rings. The molecule has 3 aliphatic carbocycles. The minimum Gasteiger partial charge on any atom is -0.310 e. The summed E-state index contributed by atoms with van der Waals surface area (Å²) in [5.74, 6) is 0.0369. The summed E-state index contributed by atoms with van der Waals surface area (Å²) in [6, 6.07) is 41.6. The molecule has 0 fully saturated rings. The van der Waals surface area contributed by atoms with Crippen molar-refractivity contribution < 1.29 is 0 Å². The molecule has 1 unspecified atom stereocenters. The highest BCUT2D eigenvalue weighted by Crippen LogP contribution is 2.65. The van der Waals surface area contributed by atoms with E-state index >= 15 is 0 Å². The molecule has 2 aliphatic heterocycles. The van der Waals surface area contributed by atoms with Crippen LogP contribution in [-0.2, 0) is 37.9 Å². The van der Waals surface area contributed by atoms with Gasteiger partial charge in [-0.1, -0.05) is 158 Å². The number of benzene rings is 6. The first-order chi connectivity index (χ1) is 30.2. The lowest BCUT2D eigenvalue weighted by molar-refractivity contribution is 0.402. The Balaban J connectivity index is 1.28. The van der Waals surface area contributed by atoms with Gasteiger partial charge >= 0.3 is 0 Å². The maximum atomic E-state index is 2.75. The average Bonchev–Trinajstić information content (AvgIpc) is 3.61. The Labute approximate surface area is 391 Å². The van der Waals surface area contributed by atoms with Crippen LogP contribution in [0.25, 0.3) is 11.1 Å². The van der Waals surface area contributed by atoms with E-state index < -0.39 is 0 Å². The van der Waals surface area contributed by atoms with Crippen LogP contribution in [0, 0.1) is 6.92 Å². The van der Waals surface area contributed by atoms with Crippen molar-refractivity contribution in [3.8, 4) is 11.1 Å². The van der Waals surface area contributed by atoms with Gasteiger partial charge in [0.2, 0.25) is 0 Å². The predicted octanol–water partition coefficient (Wildman–Crippen LogP) is 17.6. The summed E-state index contributed by atoms with van der Waals surface area (Å²) < 4.78 is 0. The molecule has 1 atom stereocenters. The van der Waals surface area contributed by atoms with E-state index in [-0.39, 0.29) is 43.8 Å². The van der Waals surface area contributed by atoms with Gasteiger partial charge in [0.05, 0.1) is 22.7 Å². The quantitative estimate of drug-likeness (QED) is 0.175. The van der Waals surface area contributed by atoms with Crippen molar-refractivity contribution in [2.24, 2.45) is 0 Å². The number of hydrogen-bond donors (Lipinski definition) is 0. The van der Waals surface area contributed by atoms with Gasteiger partial charge in [-0.25, -0.2) is 0 Å². The Hall–Kier alpha value is -5.08. The molecule has 0 amide bonds. The van der Waals surface area contributed by atoms with E-state index in [0.29, 0.717) is 0 Å². The molecule has 65 heavy (non-hydrogen) atoms. The van der Waals surface area contributed by atoms with Gasteiger partial charge in [0, 0.05) is 22.9 Å². The van der Waals surface area contributed by atoms with Crippen molar-refractivity contribution in [1.29, 1.82) is 0 Å². The highest BCUT2D eigenvalue weighted by atomic mass is 15.2. The van der Waals surface area contributed by atoms with E-state index in [0.717, 1.165) is 19.3 Å². The molecule has 0 bridgehead atoms. The standard InChI is InChI=1S/C63H72N2/c1-37-26-45-48(62(13,14)35-59(45,7)8)32-51(37)65-52-33-49-47(61(11,12)36-63(49,15)16)31-43(52)55-42-27-39(38-20-18-17-19-21-38)22-25-50(42)64(53-28-40(57(2,3)4)29-54(65)56(53)55)41-23-24-44-46(30-41)60(9,10)34-58(44,5)6/h17-33,55H,34-36H2,1-16H3. The SMILES string of the molecule is Cc1cc2c(cc1N1c3cc4c(cc3C3c5cc(-c6ccccc6)ccc5N(c5ccc6c(c5)C(C)(C)CC6(C)C)c5cc(C(C)(C)C)cc1c53)C(C)(C)CC4(C)C)C(C)(C)CC2(C)C. The Bertz CT molecular complexity index is 3010. The number of fused-ring (bicyclic) bond motifs is 7. The molecule has 6 aromatic carbocycles. The molecule has 0 saturated carbocycles. The normalized spacial score (nSPS) is 21.6. The first-order valence-corrected chi connectivity index (χ1v) is 24.7. The van der Waals surface area contributed by atoms with E-state index in [1.807, 2.05) is 0 Å². The smallest absolute Gasteiger partial charge is 0.0527 e. The highest BCUT2D eigenvalue weighted by molar-refractivity contribution is 5.98. The molecular weight excluding hydrogens is 785 g/mol. The second-order valence-electron chi connectivity index (χ2n) is 26.1. The fourth-order valence-electron chi connectivity index (χ4n) is 14.7. The van der Waals surface area contributed by atoms with Gasteiger partial charge < -0.3 is 9.80 Å². The number of nitrogens with zero attached hydrogens (tertiary/aromatic N) is 2. The first-order valence-electron chi connectivity index (χ1n) is 24.7. The third kappa shape index (κ3) is 6.10. The number of aryl methyl sites for hydroxylation is 1. The van der Waals surface area contributed by atoms with Crippen LogP contribution in [0.2, 0.25) is 0 Å². The van der Waals surface area contributed by atoms with Crippen LogP contribution < -0.4 is 9.80 Å². The lowest BCUT2D eigenvalue weighted by Gasteiger charge is -2.47. The summed E-state index contributed by atoms with van der Waals surface area (Å²) in [6.45, 7) is 39.1. The minimum absolute atomic E-state index is 0.0369. The molecule has 0 saturated heterocycles. The van der Waals surface area contributed by atoms with Crippen molar-refractivity contribution in [2.75, 3.05) is 9.80 Å². The molecular formula is C63H72N2. The summed E-state index contributed by atoms with van der Waals surface area (Å²) in [6.07, 6.45) is 3.42. The van der Waals surface area contributed by atoms with Gasteiger partial charge in [0.15, 0.2) is 0 Å². The predicted molar refractivity (Wildman–Crippen MR) is 278 cm³/mol. The van der Waals surface area contributed by atoms with Crippen LogP contribution >= 0.6 is 0 Å².